The molecule has 0 saturated carbocycles. The van der Waals surface area contributed by atoms with Crippen molar-refractivity contribution in [3.63, 3.8) is 0 Å². The van der Waals surface area contributed by atoms with Crippen LogP contribution in [0.3, 0.4) is 0 Å². The fourth-order valence-corrected chi connectivity index (χ4v) is 3.91. The summed E-state index contributed by atoms with van der Waals surface area (Å²) in [6.45, 7) is 1.76. The average molecular weight is 448 g/mol. The molecule has 0 bridgehead atoms. The Labute approximate surface area is 185 Å². The molecule has 2 rings (SSSR count). The molecular formula is C22H29N3O5S. The third-order valence-corrected chi connectivity index (χ3v) is 5.91. The molecule has 0 aliphatic rings. The molecule has 0 saturated heterocycles. The standard InChI is InChI=1S/C22H29N3O5S/c23-15-19(29)21-8-7-20(31-21)18(28)6-3-16-1-4-17(5-2-16)22(30)24-9-10-25(11-13-26)12-14-27/h1-2,4-5,7-8,26-27H,3,6,9-15,23H2,(H,24,30). The number of nitrogens with zero attached hydrogens (tertiary/aromatic N) is 1. The van der Waals surface area contributed by atoms with Crippen molar-refractivity contribution in [2.75, 3.05) is 45.9 Å². The van der Waals surface area contributed by atoms with Gasteiger partial charge in [0.15, 0.2) is 11.6 Å². The lowest BCUT2D eigenvalue weighted by atomic mass is 10.0. The Kier molecular flexibility index (Phi) is 10.5. The smallest absolute Gasteiger partial charge is 0.251 e. The van der Waals surface area contributed by atoms with E-state index in [9.17, 15) is 14.4 Å². The van der Waals surface area contributed by atoms with Gasteiger partial charge < -0.3 is 21.3 Å². The van der Waals surface area contributed by atoms with E-state index >= 15 is 0 Å². The second-order valence-corrected chi connectivity index (χ2v) is 8.04. The number of benzene rings is 1. The van der Waals surface area contributed by atoms with E-state index in [1.165, 1.54) is 11.3 Å². The van der Waals surface area contributed by atoms with E-state index in [0.29, 0.717) is 54.3 Å². The number of aryl methyl sites for hydroxylation is 1. The molecule has 0 aliphatic carbocycles. The summed E-state index contributed by atoms with van der Waals surface area (Å²) >= 11 is 1.17. The van der Waals surface area contributed by atoms with Crippen LogP contribution in [0.1, 0.15) is 41.7 Å². The van der Waals surface area contributed by atoms with Gasteiger partial charge in [0.1, 0.15) is 0 Å². The fourth-order valence-electron chi connectivity index (χ4n) is 2.99. The number of hydrogen-bond acceptors (Lipinski definition) is 8. The SMILES string of the molecule is NCC(=O)c1ccc(C(=O)CCc2ccc(C(=O)NCCN(CCO)CCO)cc2)s1. The summed E-state index contributed by atoms with van der Waals surface area (Å²) in [4.78, 5) is 39.1. The average Bonchev–Trinajstić information content (AvgIpc) is 3.28. The normalized spacial score (nSPS) is 11.0. The van der Waals surface area contributed by atoms with E-state index in [1.807, 2.05) is 17.0 Å². The Morgan fingerprint density at radius 3 is 2.10 bits per heavy atom. The first-order chi connectivity index (χ1) is 15.0. The van der Waals surface area contributed by atoms with E-state index in [1.54, 1.807) is 24.3 Å². The molecule has 0 fully saturated rings. The minimum atomic E-state index is -0.203. The molecule has 0 unspecified atom stereocenters. The topological polar surface area (TPSA) is 133 Å². The van der Waals surface area contributed by atoms with Crippen LogP contribution in [0.2, 0.25) is 0 Å². The Hall–Kier alpha value is -2.43. The Morgan fingerprint density at radius 1 is 0.903 bits per heavy atom. The van der Waals surface area contributed by atoms with Gasteiger partial charge in [-0.05, 0) is 36.2 Å². The number of rotatable bonds is 14. The van der Waals surface area contributed by atoms with Crippen LogP contribution >= 0.6 is 11.3 Å². The number of amides is 1. The molecule has 1 aromatic heterocycles. The summed E-state index contributed by atoms with van der Waals surface area (Å²) in [6, 6.07) is 10.4. The van der Waals surface area contributed by atoms with E-state index in [-0.39, 0.29) is 37.2 Å². The maximum atomic E-state index is 12.4. The van der Waals surface area contributed by atoms with Gasteiger partial charge in [0.2, 0.25) is 0 Å². The van der Waals surface area contributed by atoms with E-state index < -0.39 is 0 Å². The van der Waals surface area contributed by atoms with Crippen molar-refractivity contribution in [3.8, 4) is 0 Å². The molecule has 0 atom stereocenters. The molecule has 0 aliphatic heterocycles. The van der Waals surface area contributed by atoms with Crippen LogP contribution in [0.25, 0.3) is 0 Å². The molecule has 0 radical (unpaired) electrons. The monoisotopic (exact) mass is 447 g/mol. The van der Waals surface area contributed by atoms with Crippen LogP contribution in [-0.2, 0) is 6.42 Å². The maximum absolute atomic E-state index is 12.4. The number of aliphatic hydroxyl groups excluding tert-OH is 2. The number of aliphatic hydroxyl groups is 2. The predicted molar refractivity (Wildman–Crippen MR) is 120 cm³/mol. The molecule has 1 heterocycles. The van der Waals surface area contributed by atoms with Gasteiger partial charge >= 0.3 is 0 Å². The van der Waals surface area contributed by atoms with E-state index in [2.05, 4.69) is 5.32 Å². The van der Waals surface area contributed by atoms with Crippen LogP contribution in [0, 0.1) is 0 Å². The van der Waals surface area contributed by atoms with Crippen molar-refractivity contribution in [2.45, 2.75) is 12.8 Å². The van der Waals surface area contributed by atoms with Crippen LogP contribution in [0.15, 0.2) is 36.4 Å². The van der Waals surface area contributed by atoms with E-state index in [4.69, 9.17) is 15.9 Å². The van der Waals surface area contributed by atoms with Crippen molar-refractivity contribution in [3.05, 3.63) is 57.3 Å². The number of carbonyl (C=O) groups is 3. The second kappa shape index (κ2) is 13.1. The van der Waals surface area contributed by atoms with Crippen molar-refractivity contribution < 1.29 is 24.6 Å². The molecule has 5 N–H and O–H groups in total. The summed E-state index contributed by atoms with van der Waals surface area (Å²) in [6.07, 6.45) is 0.851. The number of hydrogen-bond donors (Lipinski definition) is 4. The number of nitrogens with two attached hydrogens (primary N) is 1. The lowest BCUT2D eigenvalue weighted by molar-refractivity contribution is 0.0941. The van der Waals surface area contributed by atoms with Gasteiger partial charge in [-0.1, -0.05) is 12.1 Å². The summed E-state index contributed by atoms with van der Waals surface area (Å²) < 4.78 is 0. The molecule has 168 valence electrons. The number of carbonyl (C=O) groups excluding carboxylic acids is 3. The van der Waals surface area contributed by atoms with Gasteiger partial charge in [-0.15, -0.1) is 11.3 Å². The van der Waals surface area contributed by atoms with Crippen LogP contribution in [0.4, 0.5) is 0 Å². The largest absolute Gasteiger partial charge is 0.395 e. The minimum Gasteiger partial charge on any atom is -0.395 e. The van der Waals surface area contributed by atoms with Crippen LogP contribution < -0.4 is 11.1 Å². The molecule has 9 heteroatoms. The molecule has 2 aromatic rings. The van der Waals surface area contributed by atoms with Gasteiger partial charge in [0.25, 0.3) is 5.91 Å². The lowest BCUT2D eigenvalue weighted by Crippen LogP contribution is -2.37. The molecule has 0 spiro atoms. The zero-order chi connectivity index (χ0) is 22.6. The number of ketones is 2. The Balaban J connectivity index is 1.80. The molecular weight excluding hydrogens is 418 g/mol. The highest BCUT2D eigenvalue weighted by Crippen LogP contribution is 2.19. The third kappa shape index (κ3) is 7.97. The minimum absolute atomic E-state index is 0.00260. The summed E-state index contributed by atoms with van der Waals surface area (Å²) in [5.74, 6) is -0.406. The third-order valence-electron chi connectivity index (χ3n) is 4.74. The first-order valence-electron chi connectivity index (χ1n) is 10.2. The first kappa shape index (κ1) is 24.8. The summed E-state index contributed by atoms with van der Waals surface area (Å²) in [7, 11) is 0. The fraction of sp³-hybridized carbons (Fsp3) is 0.409. The Morgan fingerprint density at radius 2 is 1.52 bits per heavy atom. The highest BCUT2D eigenvalue weighted by Gasteiger charge is 2.13. The maximum Gasteiger partial charge on any atom is 0.251 e. The van der Waals surface area contributed by atoms with Gasteiger partial charge in [-0.3, -0.25) is 19.3 Å². The summed E-state index contributed by atoms with van der Waals surface area (Å²) in [5, 5.41) is 20.8. The quantitative estimate of drug-likeness (QED) is 0.314. The van der Waals surface area contributed by atoms with Crippen LogP contribution in [-0.4, -0.2) is 78.5 Å². The zero-order valence-corrected chi connectivity index (χ0v) is 18.2. The molecule has 31 heavy (non-hydrogen) atoms. The van der Waals surface area contributed by atoms with Crippen molar-refractivity contribution >= 4 is 28.8 Å². The molecule has 8 nitrogen and oxygen atoms in total. The zero-order valence-electron chi connectivity index (χ0n) is 17.4. The van der Waals surface area contributed by atoms with Gasteiger partial charge in [0, 0.05) is 38.2 Å². The number of Topliss-reactive ketones (excluding diaryl/α,β-unsaturated/α-hetero) is 2. The van der Waals surface area contributed by atoms with Gasteiger partial charge in [-0.2, -0.15) is 0 Å². The first-order valence-corrected chi connectivity index (χ1v) is 11.0. The number of thiophene rings is 1. The van der Waals surface area contributed by atoms with Crippen molar-refractivity contribution in [2.24, 2.45) is 5.73 Å². The van der Waals surface area contributed by atoms with Gasteiger partial charge in [0.05, 0.1) is 29.5 Å². The molecule has 1 amide bonds. The summed E-state index contributed by atoms with van der Waals surface area (Å²) in [5.41, 5.74) is 6.81. The Bertz CT molecular complexity index is 860. The highest BCUT2D eigenvalue weighted by atomic mass is 32.1. The van der Waals surface area contributed by atoms with Crippen molar-refractivity contribution in [1.29, 1.82) is 0 Å². The lowest BCUT2D eigenvalue weighted by Gasteiger charge is -2.20. The van der Waals surface area contributed by atoms with Gasteiger partial charge in [-0.25, -0.2) is 0 Å². The van der Waals surface area contributed by atoms with Crippen LogP contribution in [0.5, 0.6) is 0 Å². The van der Waals surface area contributed by atoms with E-state index in [0.717, 1.165) is 5.56 Å². The highest BCUT2D eigenvalue weighted by molar-refractivity contribution is 7.16. The number of nitrogens with one attached hydrogen (secondary N) is 1. The second-order valence-electron chi connectivity index (χ2n) is 6.96. The predicted octanol–water partition coefficient (Wildman–Crippen LogP) is 0.721. The van der Waals surface area contributed by atoms with Crippen molar-refractivity contribution in [1.82, 2.24) is 10.2 Å². The molecule has 1 aromatic carbocycles.